The first-order chi connectivity index (χ1) is 9.25. The molecule has 4 nitrogen and oxygen atoms in total. The molecule has 0 bridgehead atoms. The lowest BCUT2D eigenvalue weighted by Crippen LogP contribution is -2.15. The molecule has 0 radical (unpaired) electrons. The summed E-state index contributed by atoms with van der Waals surface area (Å²) in [5.74, 6) is 0.287. The van der Waals surface area contributed by atoms with Crippen molar-refractivity contribution in [2.45, 2.75) is 25.9 Å². The van der Waals surface area contributed by atoms with Crippen LogP contribution in [0.15, 0.2) is 36.9 Å². The molecule has 0 amide bonds. The number of halogens is 1. The number of hydrogen-bond acceptors (Lipinski definition) is 3. The van der Waals surface area contributed by atoms with Crippen LogP contribution < -0.4 is 5.32 Å². The summed E-state index contributed by atoms with van der Waals surface area (Å²) in [6, 6.07) is 5.10. The van der Waals surface area contributed by atoms with Crippen molar-refractivity contribution in [3.05, 3.63) is 47.5 Å². The third-order valence-corrected chi connectivity index (χ3v) is 3.17. The summed E-state index contributed by atoms with van der Waals surface area (Å²) in [5, 5.41) is 13.6. The molecule has 2 aromatic rings. The Bertz CT molecular complexity index is 499. The number of imidazole rings is 1. The first-order valence-corrected chi connectivity index (χ1v) is 6.77. The number of nitrogens with one attached hydrogen (secondary N) is 1. The Morgan fingerprint density at radius 3 is 3.00 bits per heavy atom. The number of phenolic OH excluding ortho intramolecular Hbond substituents is 1. The molecular weight excluding hydrogens is 262 g/mol. The Morgan fingerprint density at radius 1 is 1.32 bits per heavy atom. The highest BCUT2D eigenvalue weighted by molar-refractivity contribution is 6.30. The number of aromatic nitrogens is 2. The maximum absolute atomic E-state index is 9.65. The lowest BCUT2D eigenvalue weighted by Gasteiger charge is -2.07. The van der Waals surface area contributed by atoms with Crippen LogP contribution >= 0.6 is 11.6 Å². The minimum absolute atomic E-state index is 0.287. The number of rotatable bonds is 7. The van der Waals surface area contributed by atoms with Crippen LogP contribution in [-0.2, 0) is 13.1 Å². The minimum Gasteiger partial charge on any atom is -0.508 e. The zero-order chi connectivity index (χ0) is 13.5. The van der Waals surface area contributed by atoms with Crippen molar-refractivity contribution in [3.63, 3.8) is 0 Å². The van der Waals surface area contributed by atoms with Crippen molar-refractivity contribution < 1.29 is 5.11 Å². The fourth-order valence-corrected chi connectivity index (χ4v) is 2.08. The monoisotopic (exact) mass is 279 g/mol. The molecule has 5 heteroatoms. The van der Waals surface area contributed by atoms with Gasteiger partial charge in [-0.25, -0.2) is 4.98 Å². The molecule has 0 atom stereocenters. The van der Waals surface area contributed by atoms with E-state index in [-0.39, 0.29) is 5.75 Å². The zero-order valence-electron chi connectivity index (χ0n) is 10.7. The second-order valence-electron chi connectivity index (χ2n) is 4.46. The van der Waals surface area contributed by atoms with Crippen molar-refractivity contribution in [3.8, 4) is 5.75 Å². The van der Waals surface area contributed by atoms with Crippen molar-refractivity contribution in [1.82, 2.24) is 14.9 Å². The summed E-state index contributed by atoms with van der Waals surface area (Å²) in [4.78, 5) is 4.00. The van der Waals surface area contributed by atoms with Gasteiger partial charge in [-0.05, 0) is 37.6 Å². The third kappa shape index (κ3) is 4.58. The van der Waals surface area contributed by atoms with E-state index >= 15 is 0 Å². The highest BCUT2D eigenvalue weighted by atomic mass is 35.5. The van der Waals surface area contributed by atoms with Crippen LogP contribution in [0.5, 0.6) is 5.75 Å². The molecule has 102 valence electrons. The van der Waals surface area contributed by atoms with E-state index in [4.69, 9.17) is 11.6 Å². The van der Waals surface area contributed by atoms with E-state index in [1.807, 2.05) is 12.5 Å². The zero-order valence-corrected chi connectivity index (χ0v) is 11.5. The largest absolute Gasteiger partial charge is 0.508 e. The molecule has 19 heavy (non-hydrogen) atoms. The Kier molecular flexibility index (Phi) is 5.24. The third-order valence-electron chi connectivity index (χ3n) is 2.94. The maximum Gasteiger partial charge on any atom is 0.120 e. The van der Waals surface area contributed by atoms with Crippen molar-refractivity contribution in [1.29, 1.82) is 0 Å². The number of hydrogen-bond donors (Lipinski definition) is 2. The number of aromatic hydroxyl groups is 1. The molecule has 0 unspecified atom stereocenters. The Morgan fingerprint density at radius 2 is 2.21 bits per heavy atom. The number of aryl methyl sites for hydroxylation is 1. The van der Waals surface area contributed by atoms with E-state index in [0.717, 1.165) is 31.5 Å². The van der Waals surface area contributed by atoms with Gasteiger partial charge in [0.2, 0.25) is 0 Å². The van der Waals surface area contributed by atoms with Crippen LogP contribution in [0.1, 0.15) is 18.4 Å². The SMILES string of the molecule is Oc1ccc(Cl)cc1CNCCCCn1ccnc1. The van der Waals surface area contributed by atoms with Crippen molar-refractivity contribution in [2.75, 3.05) is 6.54 Å². The molecule has 0 aliphatic rings. The van der Waals surface area contributed by atoms with E-state index < -0.39 is 0 Å². The predicted octanol–water partition coefficient (Wildman–Crippen LogP) is 2.81. The topological polar surface area (TPSA) is 50.1 Å². The maximum atomic E-state index is 9.65. The van der Waals surface area contributed by atoms with Crippen LogP contribution in [0, 0.1) is 0 Å². The van der Waals surface area contributed by atoms with Crippen molar-refractivity contribution >= 4 is 11.6 Å². The molecule has 0 saturated carbocycles. The fourth-order valence-electron chi connectivity index (χ4n) is 1.88. The molecule has 0 fully saturated rings. The highest BCUT2D eigenvalue weighted by Crippen LogP contribution is 2.20. The summed E-state index contributed by atoms with van der Waals surface area (Å²) >= 11 is 5.89. The second-order valence-corrected chi connectivity index (χ2v) is 4.89. The lowest BCUT2D eigenvalue weighted by atomic mass is 10.2. The quantitative estimate of drug-likeness (QED) is 0.766. The van der Waals surface area contributed by atoms with E-state index in [1.54, 1.807) is 24.4 Å². The summed E-state index contributed by atoms with van der Waals surface area (Å²) in [5.41, 5.74) is 0.835. The van der Waals surface area contributed by atoms with Crippen LogP contribution in [0.4, 0.5) is 0 Å². The number of nitrogens with zero attached hydrogens (tertiary/aromatic N) is 2. The summed E-state index contributed by atoms with van der Waals surface area (Å²) in [7, 11) is 0. The number of phenols is 1. The van der Waals surface area contributed by atoms with Gasteiger partial charge in [0, 0.05) is 36.1 Å². The van der Waals surface area contributed by atoms with Gasteiger partial charge in [0.1, 0.15) is 5.75 Å². The smallest absolute Gasteiger partial charge is 0.120 e. The van der Waals surface area contributed by atoms with Crippen LogP contribution in [0.25, 0.3) is 0 Å². The molecule has 1 aromatic carbocycles. The molecule has 2 rings (SSSR count). The van der Waals surface area contributed by atoms with Crippen LogP contribution in [0.2, 0.25) is 5.02 Å². The molecule has 0 spiro atoms. The van der Waals surface area contributed by atoms with E-state index in [0.29, 0.717) is 11.6 Å². The van der Waals surface area contributed by atoms with Gasteiger partial charge < -0.3 is 15.0 Å². The van der Waals surface area contributed by atoms with Gasteiger partial charge in [0.05, 0.1) is 6.33 Å². The normalized spacial score (nSPS) is 10.8. The standard InChI is InChI=1S/C14H18ClN3O/c15-13-3-4-14(19)12(9-13)10-16-5-1-2-7-18-8-6-17-11-18/h3-4,6,8-9,11,16,19H,1-2,5,7,10H2. The molecule has 0 aliphatic carbocycles. The van der Waals surface area contributed by atoms with Crippen LogP contribution in [0.3, 0.4) is 0 Å². The summed E-state index contributed by atoms with van der Waals surface area (Å²) in [6.45, 7) is 2.54. The minimum atomic E-state index is 0.287. The average molecular weight is 280 g/mol. The van der Waals surface area contributed by atoms with Gasteiger partial charge in [-0.3, -0.25) is 0 Å². The fraction of sp³-hybridized carbons (Fsp3) is 0.357. The number of benzene rings is 1. The van der Waals surface area contributed by atoms with Crippen LogP contribution in [-0.4, -0.2) is 21.2 Å². The van der Waals surface area contributed by atoms with E-state index in [2.05, 4.69) is 14.9 Å². The van der Waals surface area contributed by atoms with Gasteiger partial charge in [0.25, 0.3) is 0 Å². The molecule has 1 heterocycles. The summed E-state index contributed by atoms with van der Waals surface area (Å²) < 4.78 is 2.07. The van der Waals surface area contributed by atoms with Crippen molar-refractivity contribution in [2.24, 2.45) is 0 Å². The molecule has 0 aliphatic heterocycles. The Labute approximate surface area is 118 Å². The van der Waals surface area contributed by atoms with Gasteiger partial charge >= 0.3 is 0 Å². The Balaban J connectivity index is 1.62. The molecule has 1 aromatic heterocycles. The molecular formula is C14H18ClN3O. The lowest BCUT2D eigenvalue weighted by molar-refractivity contribution is 0.463. The van der Waals surface area contributed by atoms with Gasteiger partial charge in [-0.15, -0.1) is 0 Å². The van der Waals surface area contributed by atoms with Gasteiger partial charge in [-0.1, -0.05) is 11.6 Å². The average Bonchev–Trinajstić information content (AvgIpc) is 2.90. The molecule has 2 N–H and O–H groups in total. The first kappa shape index (κ1) is 13.9. The van der Waals surface area contributed by atoms with Gasteiger partial charge in [0.15, 0.2) is 0 Å². The highest BCUT2D eigenvalue weighted by Gasteiger charge is 2.01. The van der Waals surface area contributed by atoms with E-state index in [1.165, 1.54) is 0 Å². The van der Waals surface area contributed by atoms with E-state index in [9.17, 15) is 5.11 Å². The number of unbranched alkanes of at least 4 members (excludes halogenated alkanes) is 1. The predicted molar refractivity (Wildman–Crippen MR) is 76.3 cm³/mol. The van der Waals surface area contributed by atoms with Gasteiger partial charge in [-0.2, -0.15) is 0 Å². The second kappa shape index (κ2) is 7.16. The molecule has 0 saturated heterocycles. The Hall–Kier alpha value is -1.52. The first-order valence-electron chi connectivity index (χ1n) is 6.39. The summed E-state index contributed by atoms with van der Waals surface area (Å²) in [6.07, 6.45) is 7.78.